The smallest absolute Gasteiger partial charge is 0.350 e. The number of guanidine groups is 1. The minimum absolute atomic E-state index is 0. The van der Waals surface area contributed by atoms with Crippen LogP contribution in [0.3, 0.4) is 0 Å². The summed E-state index contributed by atoms with van der Waals surface area (Å²) in [6, 6.07) is 9.92. The van der Waals surface area contributed by atoms with Crippen LogP contribution in [0.25, 0.3) is 5.69 Å². The second-order valence-corrected chi connectivity index (χ2v) is 7.63. The minimum atomic E-state index is -0.328. The van der Waals surface area contributed by atoms with E-state index in [4.69, 9.17) is 4.74 Å². The quantitative estimate of drug-likeness (QED) is 0.200. The highest BCUT2D eigenvalue weighted by atomic mass is 127. The van der Waals surface area contributed by atoms with Crippen molar-refractivity contribution in [3.8, 4) is 5.69 Å². The summed E-state index contributed by atoms with van der Waals surface area (Å²) in [6.45, 7) is 6.54. The highest BCUT2D eigenvalue weighted by molar-refractivity contribution is 14.0. The number of carbonyl (C=O) groups excluding carboxylic acids is 1. The summed E-state index contributed by atoms with van der Waals surface area (Å²) in [6.07, 6.45) is 3.67. The van der Waals surface area contributed by atoms with E-state index in [0.717, 1.165) is 16.3 Å². The Labute approximate surface area is 203 Å². The van der Waals surface area contributed by atoms with Crippen LogP contribution in [0.4, 0.5) is 0 Å². The number of hydrogen-bond acceptors (Lipinski definition) is 6. The zero-order chi connectivity index (χ0) is 21.5. The maximum Gasteiger partial charge on any atom is 0.350 e. The Bertz CT molecular complexity index is 1020. The molecule has 1 unspecified atom stereocenters. The summed E-state index contributed by atoms with van der Waals surface area (Å²) >= 11 is 1.34. The average Bonchev–Trinajstić information content (AvgIpc) is 3.41. The fourth-order valence-electron chi connectivity index (χ4n) is 2.87. The number of thiazole rings is 1. The molecule has 166 valence electrons. The molecule has 0 radical (unpaired) electrons. The number of nitrogens with one attached hydrogen (secondary N) is 2. The summed E-state index contributed by atoms with van der Waals surface area (Å²) in [5.74, 6) is 0.322. The number of halogens is 1. The van der Waals surface area contributed by atoms with Gasteiger partial charge in [0, 0.05) is 26.0 Å². The van der Waals surface area contributed by atoms with Crippen molar-refractivity contribution in [3.05, 3.63) is 63.9 Å². The normalized spacial score (nSPS) is 12.1. The number of carbonyl (C=O) groups is 1. The van der Waals surface area contributed by atoms with Gasteiger partial charge in [-0.15, -0.1) is 35.3 Å². The zero-order valence-corrected chi connectivity index (χ0v) is 21.1. The molecule has 8 nitrogen and oxygen atoms in total. The standard InChI is InChI=1S/C21H26N6O2S.HI/c1-5-29-20(28)18-14(2)25-19(30-18)15(3)26-21(22-4)23-13-16-8-6-9-17(12-16)27-11-7-10-24-27;/h6-12,15H,5,13H2,1-4H3,(H2,22,23,26);1H. The SMILES string of the molecule is CCOC(=O)c1sc(C(C)NC(=NC)NCc2cccc(-n3cccn3)c2)nc1C.I. The summed E-state index contributed by atoms with van der Waals surface area (Å²) in [5.41, 5.74) is 2.79. The fraction of sp³-hybridized carbons (Fsp3) is 0.333. The first-order valence-electron chi connectivity index (χ1n) is 9.72. The molecule has 0 saturated heterocycles. The van der Waals surface area contributed by atoms with Crippen molar-refractivity contribution in [2.24, 2.45) is 4.99 Å². The lowest BCUT2D eigenvalue weighted by Gasteiger charge is -2.16. The van der Waals surface area contributed by atoms with E-state index in [1.165, 1.54) is 11.3 Å². The first-order chi connectivity index (χ1) is 14.5. The van der Waals surface area contributed by atoms with Gasteiger partial charge in [0.25, 0.3) is 0 Å². The van der Waals surface area contributed by atoms with Gasteiger partial charge >= 0.3 is 5.97 Å². The molecule has 2 N–H and O–H groups in total. The number of aryl methyl sites for hydroxylation is 1. The number of ether oxygens (including phenoxy) is 1. The number of aromatic nitrogens is 3. The van der Waals surface area contributed by atoms with E-state index < -0.39 is 0 Å². The van der Waals surface area contributed by atoms with Gasteiger partial charge in [-0.2, -0.15) is 5.10 Å². The highest BCUT2D eigenvalue weighted by Crippen LogP contribution is 2.24. The molecular formula is C21H27IN6O2S. The van der Waals surface area contributed by atoms with E-state index in [0.29, 0.717) is 29.7 Å². The Kier molecular flexibility index (Phi) is 9.44. The van der Waals surface area contributed by atoms with E-state index in [2.05, 4.69) is 31.8 Å². The molecule has 0 bridgehead atoms. The zero-order valence-electron chi connectivity index (χ0n) is 18.0. The van der Waals surface area contributed by atoms with E-state index in [1.54, 1.807) is 20.2 Å². The number of nitrogens with zero attached hydrogens (tertiary/aromatic N) is 4. The van der Waals surface area contributed by atoms with Crippen molar-refractivity contribution in [2.45, 2.75) is 33.4 Å². The van der Waals surface area contributed by atoms with E-state index in [9.17, 15) is 4.79 Å². The Morgan fingerprint density at radius 1 is 1.35 bits per heavy atom. The lowest BCUT2D eigenvalue weighted by molar-refractivity contribution is 0.0531. The molecule has 0 aliphatic carbocycles. The topological polar surface area (TPSA) is 93.4 Å². The lowest BCUT2D eigenvalue weighted by atomic mass is 10.2. The van der Waals surface area contributed by atoms with Gasteiger partial charge in [0.05, 0.1) is 24.0 Å². The summed E-state index contributed by atoms with van der Waals surface area (Å²) in [5, 5.41) is 11.7. The second kappa shape index (κ2) is 11.8. The predicted octanol–water partition coefficient (Wildman–Crippen LogP) is 3.86. The molecule has 1 atom stereocenters. The number of hydrogen-bond donors (Lipinski definition) is 2. The van der Waals surface area contributed by atoms with Crippen LogP contribution < -0.4 is 10.6 Å². The van der Waals surface area contributed by atoms with Gasteiger partial charge < -0.3 is 15.4 Å². The van der Waals surface area contributed by atoms with Gasteiger partial charge in [0.15, 0.2) is 5.96 Å². The predicted molar refractivity (Wildman–Crippen MR) is 134 cm³/mol. The molecule has 10 heteroatoms. The van der Waals surface area contributed by atoms with Crippen LogP contribution in [0.1, 0.15) is 45.8 Å². The maximum absolute atomic E-state index is 12.0. The van der Waals surface area contributed by atoms with Gasteiger partial charge in [0.2, 0.25) is 0 Å². The fourth-order valence-corrected chi connectivity index (χ4v) is 3.83. The molecule has 0 aliphatic rings. The van der Waals surface area contributed by atoms with Crippen LogP contribution in [0.5, 0.6) is 0 Å². The number of rotatable bonds is 7. The Balaban J connectivity index is 0.00000341. The molecule has 0 spiro atoms. The molecule has 0 fully saturated rings. The third kappa shape index (κ3) is 6.50. The van der Waals surface area contributed by atoms with Crippen LogP contribution in [0.15, 0.2) is 47.7 Å². The van der Waals surface area contributed by atoms with Crippen molar-refractivity contribution < 1.29 is 9.53 Å². The summed E-state index contributed by atoms with van der Waals surface area (Å²) < 4.78 is 6.92. The molecule has 2 heterocycles. The Morgan fingerprint density at radius 3 is 2.84 bits per heavy atom. The number of aliphatic imine (C=N–C) groups is 1. The van der Waals surface area contributed by atoms with Crippen LogP contribution in [0.2, 0.25) is 0 Å². The van der Waals surface area contributed by atoms with Crippen molar-refractivity contribution in [1.29, 1.82) is 0 Å². The van der Waals surface area contributed by atoms with Crippen molar-refractivity contribution in [3.63, 3.8) is 0 Å². The highest BCUT2D eigenvalue weighted by Gasteiger charge is 2.20. The van der Waals surface area contributed by atoms with Gasteiger partial charge in [-0.25, -0.2) is 14.5 Å². The van der Waals surface area contributed by atoms with Crippen molar-refractivity contribution >= 4 is 47.2 Å². The molecule has 0 amide bonds. The van der Waals surface area contributed by atoms with E-state index >= 15 is 0 Å². The largest absolute Gasteiger partial charge is 0.462 e. The van der Waals surface area contributed by atoms with E-state index in [-0.39, 0.29) is 36.0 Å². The molecule has 2 aromatic heterocycles. The Hall–Kier alpha value is -2.47. The number of esters is 1. The van der Waals surface area contributed by atoms with Crippen LogP contribution in [-0.4, -0.2) is 40.3 Å². The molecule has 3 aromatic rings. The molecule has 1 aromatic carbocycles. The molecular weight excluding hydrogens is 527 g/mol. The molecule has 31 heavy (non-hydrogen) atoms. The minimum Gasteiger partial charge on any atom is -0.462 e. The Morgan fingerprint density at radius 2 is 2.16 bits per heavy atom. The first-order valence-corrected chi connectivity index (χ1v) is 10.5. The van der Waals surface area contributed by atoms with Crippen LogP contribution in [-0.2, 0) is 11.3 Å². The molecule has 0 saturated carbocycles. The maximum atomic E-state index is 12.0. The van der Waals surface area contributed by atoms with Gasteiger partial charge in [-0.1, -0.05) is 12.1 Å². The third-order valence-electron chi connectivity index (χ3n) is 4.36. The van der Waals surface area contributed by atoms with Gasteiger partial charge in [0.1, 0.15) is 9.88 Å². The van der Waals surface area contributed by atoms with Crippen molar-refractivity contribution in [2.75, 3.05) is 13.7 Å². The van der Waals surface area contributed by atoms with Gasteiger partial charge in [-0.05, 0) is 44.5 Å². The average molecular weight is 554 g/mol. The molecule has 3 rings (SSSR count). The summed E-state index contributed by atoms with van der Waals surface area (Å²) in [4.78, 5) is 21.4. The van der Waals surface area contributed by atoms with E-state index in [1.807, 2.05) is 49.0 Å². The van der Waals surface area contributed by atoms with Crippen LogP contribution >= 0.6 is 35.3 Å². The third-order valence-corrected chi connectivity index (χ3v) is 5.68. The monoisotopic (exact) mass is 554 g/mol. The first kappa shape index (κ1) is 24.8. The lowest BCUT2D eigenvalue weighted by Crippen LogP contribution is -2.38. The second-order valence-electron chi connectivity index (χ2n) is 6.60. The van der Waals surface area contributed by atoms with Crippen molar-refractivity contribution in [1.82, 2.24) is 25.4 Å². The van der Waals surface area contributed by atoms with Crippen LogP contribution in [0, 0.1) is 6.92 Å². The number of benzene rings is 1. The summed E-state index contributed by atoms with van der Waals surface area (Å²) in [7, 11) is 1.72. The molecule has 0 aliphatic heterocycles. The van der Waals surface area contributed by atoms with Gasteiger partial charge in [-0.3, -0.25) is 4.99 Å².